The van der Waals surface area contributed by atoms with Gasteiger partial charge in [-0.15, -0.1) is 0 Å². The van der Waals surface area contributed by atoms with Crippen molar-refractivity contribution in [3.05, 3.63) is 29.8 Å². The van der Waals surface area contributed by atoms with Gasteiger partial charge in [0.15, 0.2) is 0 Å². The van der Waals surface area contributed by atoms with Crippen LogP contribution in [0, 0.1) is 5.92 Å². The van der Waals surface area contributed by atoms with E-state index in [0.717, 1.165) is 38.2 Å². The average Bonchev–Trinajstić information content (AvgIpc) is 2.49. The Balaban J connectivity index is 1.83. The number of benzene rings is 1. The number of hydrogen-bond acceptors (Lipinski definition) is 3. The molecule has 1 atom stereocenters. The molecule has 0 bridgehead atoms. The molecule has 1 unspecified atom stereocenters. The predicted molar refractivity (Wildman–Crippen MR) is 85.1 cm³/mol. The highest BCUT2D eigenvalue weighted by Gasteiger charge is 2.23. The van der Waals surface area contributed by atoms with Gasteiger partial charge in [0.2, 0.25) is 5.91 Å². The minimum absolute atomic E-state index is 0.231. The molecule has 1 aliphatic rings. The zero-order valence-corrected chi connectivity index (χ0v) is 13.0. The summed E-state index contributed by atoms with van der Waals surface area (Å²) in [5, 5.41) is 0. The number of likely N-dealkylation sites (tertiary alicyclic amines) is 1. The van der Waals surface area contributed by atoms with E-state index in [2.05, 4.69) is 6.92 Å². The van der Waals surface area contributed by atoms with Gasteiger partial charge in [-0.25, -0.2) is 0 Å². The number of carbonyl (C=O) groups excluding carboxylic acids is 1. The summed E-state index contributed by atoms with van der Waals surface area (Å²) < 4.78 is 5.20. The van der Waals surface area contributed by atoms with Crippen LogP contribution in [0.15, 0.2) is 24.3 Å². The molecule has 2 N–H and O–H groups in total. The summed E-state index contributed by atoms with van der Waals surface area (Å²) in [6.45, 7) is 4.63. The molecule has 1 aromatic carbocycles. The quantitative estimate of drug-likeness (QED) is 0.848. The Bertz CT molecular complexity index is 450. The maximum atomic E-state index is 12.4. The van der Waals surface area contributed by atoms with Crippen LogP contribution in [0.25, 0.3) is 0 Å². The third-order valence-electron chi connectivity index (χ3n) is 4.36. The Labute approximate surface area is 127 Å². The van der Waals surface area contributed by atoms with Crippen molar-refractivity contribution in [2.24, 2.45) is 5.92 Å². The second kappa shape index (κ2) is 7.46. The van der Waals surface area contributed by atoms with Crippen molar-refractivity contribution in [3.63, 3.8) is 0 Å². The van der Waals surface area contributed by atoms with Crippen LogP contribution in [0.5, 0.6) is 0 Å². The maximum Gasteiger partial charge on any atom is 0.223 e. The largest absolute Gasteiger partial charge is 0.399 e. The average molecular weight is 290 g/mol. The maximum absolute atomic E-state index is 12.4. The number of anilines is 1. The molecular weight excluding hydrogens is 264 g/mol. The fourth-order valence-corrected chi connectivity index (χ4v) is 2.92. The van der Waals surface area contributed by atoms with Gasteiger partial charge in [0.1, 0.15) is 0 Å². The molecule has 0 radical (unpaired) electrons. The summed E-state index contributed by atoms with van der Waals surface area (Å²) in [6.07, 6.45) is 2.67. The number of piperidine rings is 1. The normalized spacial score (nSPS) is 17.7. The minimum atomic E-state index is 0.231. The first-order chi connectivity index (χ1) is 10.1. The lowest BCUT2D eigenvalue weighted by atomic mass is 9.94. The van der Waals surface area contributed by atoms with Crippen LogP contribution >= 0.6 is 0 Å². The molecule has 116 valence electrons. The predicted octanol–water partition coefficient (Wildman–Crippen LogP) is 2.65. The van der Waals surface area contributed by atoms with Crippen LogP contribution in [-0.2, 0) is 9.53 Å². The topological polar surface area (TPSA) is 55.6 Å². The van der Waals surface area contributed by atoms with Gasteiger partial charge in [0, 0.05) is 38.9 Å². The Kier molecular flexibility index (Phi) is 5.62. The van der Waals surface area contributed by atoms with Crippen molar-refractivity contribution in [2.75, 3.05) is 32.5 Å². The summed E-state index contributed by atoms with van der Waals surface area (Å²) in [5.41, 5.74) is 7.63. The van der Waals surface area contributed by atoms with Gasteiger partial charge in [-0.05, 0) is 42.4 Å². The van der Waals surface area contributed by atoms with Crippen molar-refractivity contribution < 1.29 is 9.53 Å². The van der Waals surface area contributed by atoms with Crippen molar-refractivity contribution in [2.45, 2.75) is 32.1 Å². The van der Waals surface area contributed by atoms with E-state index in [0.29, 0.717) is 12.3 Å². The highest BCUT2D eigenvalue weighted by Crippen LogP contribution is 2.23. The molecule has 1 fully saturated rings. The lowest BCUT2D eigenvalue weighted by Crippen LogP contribution is -2.39. The van der Waals surface area contributed by atoms with E-state index >= 15 is 0 Å². The molecule has 0 spiro atoms. The number of hydrogen-bond donors (Lipinski definition) is 1. The van der Waals surface area contributed by atoms with Crippen LogP contribution in [0.4, 0.5) is 5.69 Å². The first kappa shape index (κ1) is 15.8. The Morgan fingerprint density at radius 1 is 1.33 bits per heavy atom. The fraction of sp³-hybridized carbons (Fsp3) is 0.588. The third-order valence-corrected chi connectivity index (χ3v) is 4.36. The SMILES string of the molecule is COCC1CCN(C(=O)CC(C)c2ccc(N)cc2)CC1. The van der Waals surface area contributed by atoms with Crippen LogP contribution in [0.2, 0.25) is 0 Å². The number of nitrogen functional groups attached to an aromatic ring is 1. The van der Waals surface area contributed by atoms with Gasteiger partial charge >= 0.3 is 0 Å². The first-order valence-electron chi connectivity index (χ1n) is 7.72. The van der Waals surface area contributed by atoms with Crippen LogP contribution in [0.1, 0.15) is 37.7 Å². The Morgan fingerprint density at radius 3 is 2.52 bits per heavy atom. The molecule has 0 aromatic heterocycles. The van der Waals surface area contributed by atoms with E-state index in [1.54, 1.807) is 7.11 Å². The summed E-state index contributed by atoms with van der Waals surface area (Å²) in [7, 11) is 1.74. The third kappa shape index (κ3) is 4.46. The highest BCUT2D eigenvalue weighted by atomic mass is 16.5. The van der Waals surface area contributed by atoms with Crippen LogP contribution in [0.3, 0.4) is 0 Å². The summed E-state index contributed by atoms with van der Waals surface area (Å²) >= 11 is 0. The van der Waals surface area contributed by atoms with Crippen molar-refractivity contribution in [1.82, 2.24) is 4.90 Å². The minimum Gasteiger partial charge on any atom is -0.399 e. The number of rotatable bonds is 5. The number of nitrogens with two attached hydrogens (primary N) is 1. The number of amides is 1. The number of methoxy groups -OCH3 is 1. The number of ether oxygens (including phenoxy) is 1. The van der Waals surface area contributed by atoms with Crippen LogP contribution < -0.4 is 5.73 Å². The van der Waals surface area contributed by atoms with Gasteiger partial charge in [0.05, 0.1) is 0 Å². The molecule has 1 aliphatic heterocycles. The molecule has 4 heteroatoms. The highest BCUT2D eigenvalue weighted by molar-refractivity contribution is 5.77. The fourth-order valence-electron chi connectivity index (χ4n) is 2.92. The molecule has 1 heterocycles. The van der Waals surface area contributed by atoms with E-state index in [4.69, 9.17) is 10.5 Å². The van der Waals surface area contributed by atoms with E-state index in [9.17, 15) is 4.79 Å². The van der Waals surface area contributed by atoms with Crippen molar-refractivity contribution in [1.29, 1.82) is 0 Å². The Morgan fingerprint density at radius 2 is 1.95 bits per heavy atom. The van der Waals surface area contributed by atoms with Gasteiger partial charge < -0.3 is 15.4 Å². The van der Waals surface area contributed by atoms with E-state index in [1.165, 1.54) is 5.56 Å². The summed E-state index contributed by atoms with van der Waals surface area (Å²) in [5.74, 6) is 1.10. The monoisotopic (exact) mass is 290 g/mol. The van der Waals surface area contributed by atoms with E-state index in [-0.39, 0.29) is 11.8 Å². The van der Waals surface area contributed by atoms with Gasteiger partial charge in [-0.2, -0.15) is 0 Å². The lowest BCUT2D eigenvalue weighted by Gasteiger charge is -2.32. The summed E-state index contributed by atoms with van der Waals surface area (Å²) in [6, 6.07) is 7.81. The van der Waals surface area contributed by atoms with Crippen LogP contribution in [-0.4, -0.2) is 37.6 Å². The molecule has 2 rings (SSSR count). The standard InChI is InChI=1S/C17H26N2O2/c1-13(15-3-5-16(18)6-4-15)11-17(20)19-9-7-14(8-10-19)12-21-2/h3-6,13-14H,7-12,18H2,1-2H3. The van der Waals surface area contributed by atoms with Crippen molar-refractivity contribution in [3.8, 4) is 0 Å². The molecule has 1 aromatic rings. The molecule has 1 saturated heterocycles. The summed E-state index contributed by atoms with van der Waals surface area (Å²) in [4.78, 5) is 14.4. The molecule has 1 amide bonds. The second-order valence-corrected chi connectivity index (χ2v) is 6.05. The van der Waals surface area contributed by atoms with Gasteiger partial charge in [0.25, 0.3) is 0 Å². The van der Waals surface area contributed by atoms with Gasteiger partial charge in [-0.3, -0.25) is 4.79 Å². The smallest absolute Gasteiger partial charge is 0.223 e. The number of carbonyl (C=O) groups is 1. The molecule has 0 aliphatic carbocycles. The molecular formula is C17H26N2O2. The molecule has 4 nitrogen and oxygen atoms in total. The second-order valence-electron chi connectivity index (χ2n) is 6.05. The lowest BCUT2D eigenvalue weighted by molar-refractivity contribution is -0.133. The Hall–Kier alpha value is -1.55. The zero-order chi connectivity index (χ0) is 15.2. The number of nitrogens with zero attached hydrogens (tertiary/aromatic N) is 1. The molecule has 21 heavy (non-hydrogen) atoms. The van der Waals surface area contributed by atoms with E-state index < -0.39 is 0 Å². The van der Waals surface area contributed by atoms with Gasteiger partial charge in [-0.1, -0.05) is 19.1 Å². The molecule has 0 saturated carbocycles. The first-order valence-corrected chi connectivity index (χ1v) is 7.72. The van der Waals surface area contributed by atoms with Crippen molar-refractivity contribution >= 4 is 11.6 Å². The zero-order valence-electron chi connectivity index (χ0n) is 13.0. The van der Waals surface area contributed by atoms with E-state index in [1.807, 2.05) is 29.2 Å².